The van der Waals surface area contributed by atoms with Gasteiger partial charge in [-0.2, -0.15) is 0 Å². The van der Waals surface area contributed by atoms with Crippen molar-refractivity contribution in [1.82, 2.24) is 5.32 Å². The summed E-state index contributed by atoms with van der Waals surface area (Å²) in [5, 5.41) is 12.6. The predicted molar refractivity (Wildman–Crippen MR) is 92.1 cm³/mol. The van der Waals surface area contributed by atoms with Crippen molar-refractivity contribution in [2.75, 3.05) is 7.11 Å². The molecule has 3 rings (SSSR count). The molecular formula is C19H17FN2O3. The molecule has 2 aromatic carbocycles. The molecule has 1 unspecified atom stereocenters. The van der Waals surface area contributed by atoms with E-state index in [0.29, 0.717) is 22.8 Å². The highest BCUT2D eigenvalue weighted by Gasteiger charge is 2.29. The number of hydrogen-bond donors (Lipinski definition) is 2. The van der Waals surface area contributed by atoms with Crippen molar-refractivity contribution >= 4 is 11.8 Å². The molecule has 0 amide bonds. The van der Waals surface area contributed by atoms with Crippen molar-refractivity contribution < 1.29 is 19.0 Å². The first-order valence-corrected chi connectivity index (χ1v) is 7.68. The van der Waals surface area contributed by atoms with E-state index in [9.17, 15) is 14.3 Å². The van der Waals surface area contributed by atoms with Gasteiger partial charge in [-0.1, -0.05) is 12.1 Å². The van der Waals surface area contributed by atoms with Crippen LogP contribution in [0.2, 0.25) is 0 Å². The Hall–Kier alpha value is -3.15. The summed E-state index contributed by atoms with van der Waals surface area (Å²) in [5.41, 5.74) is 2.06. The van der Waals surface area contributed by atoms with Crippen LogP contribution in [0.5, 0.6) is 5.75 Å². The monoisotopic (exact) mass is 340 g/mol. The predicted octanol–water partition coefficient (Wildman–Crippen LogP) is 3.28. The van der Waals surface area contributed by atoms with Crippen LogP contribution >= 0.6 is 0 Å². The Morgan fingerprint density at radius 2 is 1.80 bits per heavy atom. The van der Waals surface area contributed by atoms with Crippen molar-refractivity contribution in [2.45, 2.75) is 13.0 Å². The number of methoxy groups -OCH3 is 1. The number of halogens is 1. The van der Waals surface area contributed by atoms with Crippen LogP contribution in [-0.2, 0) is 4.79 Å². The Bertz CT molecular complexity index is 855. The number of aliphatic carboxylic acids is 1. The van der Waals surface area contributed by atoms with E-state index in [1.165, 1.54) is 12.1 Å². The van der Waals surface area contributed by atoms with Gasteiger partial charge in [0.15, 0.2) is 0 Å². The molecule has 1 atom stereocenters. The summed E-state index contributed by atoms with van der Waals surface area (Å²) in [6, 6.07) is 12.3. The van der Waals surface area contributed by atoms with Gasteiger partial charge >= 0.3 is 5.97 Å². The second-order valence-electron chi connectivity index (χ2n) is 5.63. The van der Waals surface area contributed by atoms with Crippen LogP contribution in [0, 0.1) is 5.82 Å². The fourth-order valence-corrected chi connectivity index (χ4v) is 2.74. The Balaban J connectivity index is 2.05. The van der Waals surface area contributed by atoms with Crippen molar-refractivity contribution in [1.29, 1.82) is 0 Å². The molecule has 1 heterocycles. The van der Waals surface area contributed by atoms with Gasteiger partial charge in [-0.15, -0.1) is 0 Å². The molecule has 6 heteroatoms. The van der Waals surface area contributed by atoms with E-state index in [2.05, 4.69) is 10.3 Å². The number of carboxylic acids is 1. The minimum Gasteiger partial charge on any atom is -0.497 e. The smallest absolute Gasteiger partial charge is 0.335 e. The molecule has 128 valence electrons. The first kappa shape index (κ1) is 16.7. The first-order valence-electron chi connectivity index (χ1n) is 7.68. The molecule has 0 aliphatic carbocycles. The lowest BCUT2D eigenvalue weighted by atomic mass is 9.95. The van der Waals surface area contributed by atoms with E-state index >= 15 is 0 Å². The maximum Gasteiger partial charge on any atom is 0.335 e. The maximum atomic E-state index is 13.2. The number of ether oxygens (including phenoxy) is 1. The van der Waals surface area contributed by atoms with Crippen molar-refractivity contribution in [2.24, 2.45) is 4.99 Å². The largest absolute Gasteiger partial charge is 0.497 e. The van der Waals surface area contributed by atoms with Crippen LogP contribution in [-0.4, -0.2) is 24.0 Å². The number of benzene rings is 2. The standard InChI is InChI=1S/C19H17FN2O3/c1-11-16(19(23)24)17(12-3-7-14(20)8-4-12)22-18(21-11)13-5-9-15(25-2)10-6-13/h3-10,17H,1-2H3,(H,21,22)(H,23,24). The number of allylic oxidation sites excluding steroid dienone is 1. The number of hydrogen-bond acceptors (Lipinski definition) is 4. The molecular weight excluding hydrogens is 323 g/mol. The van der Waals surface area contributed by atoms with Gasteiger partial charge in [-0.3, -0.25) is 4.99 Å². The Kier molecular flexibility index (Phi) is 4.52. The topological polar surface area (TPSA) is 70.9 Å². The lowest BCUT2D eigenvalue weighted by Gasteiger charge is -2.25. The summed E-state index contributed by atoms with van der Waals surface area (Å²) in [4.78, 5) is 16.2. The summed E-state index contributed by atoms with van der Waals surface area (Å²) < 4.78 is 18.4. The summed E-state index contributed by atoms with van der Waals surface area (Å²) in [7, 11) is 1.59. The highest BCUT2D eigenvalue weighted by molar-refractivity contribution is 6.03. The van der Waals surface area contributed by atoms with Crippen molar-refractivity contribution in [3.63, 3.8) is 0 Å². The third-order valence-electron chi connectivity index (χ3n) is 4.02. The molecule has 1 aliphatic rings. The number of rotatable bonds is 4. The van der Waals surface area contributed by atoms with E-state index in [1.807, 2.05) is 12.1 Å². The highest BCUT2D eigenvalue weighted by Crippen LogP contribution is 2.31. The fraction of sp³-hybridized carbons (Fsp3) is 0.158. The van der Waals surface area contributed by atoms with Gasteiger partial charge in [0.05, 0.1) is 12.7 Å². The zero-order valence-corrected chi connectivity index (χ0v) is 13.8. The highest BCUT2D eigenvalue weighted by atomic mass is 19.1. The Morgan fingerprint density at radius 3 is 2.36 bits per heavy atom. The van der Waals surface area contributed by atoms with Crippen molar-refractivity contribution in [3.05, 3.63) is 76.7 Å². The number of nitrogens with zero attached hydrogens (tertiary/aromatic N) is 1. The number of amidine groups is 1. The zero-order valence-electron chi connectivity index (χ0n) is 13.8. The molecule has 0 radical (unpaired) electrons. The van der Waals surface area contributed by atoms with E-state index in [-0.39, 0.29) is 11.4 Å². The van der Waals surface area contributed by atoms with Gasteiger partial charge in [0, 0.05) is 11.3 Å². The minimum absolute atomic E-state index is 0.142. The molecule has 0 aromatic heterocycles. The van der Waals surface area contributed by atoms with E-state index < -0.39 is 12.0 Å². The first-order chi connectivity index (χ1) is 12.0. The van der Waals surface area contributed by atoms with E-state index in [4.69, 9.17) is 4.74 Å². The SMILES string of the molecule is COc1ccc(C2=NC(c3ccc(F)cc3)C(C(=O)O)=C(C)N2)cc1. The molecule has 2 aromatic rings. The molecule has 0 fully saturated rings. The average Bonchev–Trinajstić information content (AvgIpc) is 2.61. The van der Waals surface area contributed by atoms with Crippen LogP contribution < -0.4 is 10.1 Å². The summed E-state index contributed by atoms with van der Waals surface area (Å²) >= 11 is 0. The second-order valence-corrected chi connectivity index (χ2v) is 5.63. The van der Waals surface area contributed by atoms with Gasteiger partial charge in [-0.25, -0.2) is 9.18 Å². The quantitative estimate of drug-likeness (QED) is 0.896. The maximum absolute atomic E-state index is 13.2. The number of carbonyl (C=O) groups is 1. The van der Waals surface area contributed by atoms with Gasteiger partial charge in [0.2, 0.25) is 0 Å². The zero-order chi connectivity index (χ0) is 18.0. The fourth-order valence-electron chi connectivity index (χ4n) is 2.74. The van der Waals surface area contributed by atoms with Crippen LogP contribution in [0.15, 0.2) is 64.8 Å². The molecule has 1 aliphatic heterocycles. The molecule has 0 spiro atoms. The molecule has 0 saturated carbocycles. The van der Waals surface area contributed by atoms with Gasteiger partial charge in [0.25, 0.3) is 0 Å². The normalized spacial score (nSPS) is 16.9. The summed E-state index contributed by atoms with van der Waals surface area (Å²) in [6.45, 7) is 1.69. The lowest BCUT2D eigenvalue weighted by molar-refractivity contribution is -0.133. The molecule has 0 bridgehead atoms. The minimum atomic E-state index is -1.06. The third-order valence-corrected chi connectivity index (χ3v) is 4.02. The van der Waals surface area contributed by atoms with Crippen LogP contribution in [0.1, 0.15) is 24.1 Å². The van der Waals surface area contributed by atoms with Crippen LogP contribution in [0.25, 0.3) is 0 Å². The van der Waals surface area contributed by atoms with Gasteiger partial charge < -0.3 is 15.2 Å². The van der Waals surface area contributed by atoms with Gasteiger partial charge in [-0.05, 0) is 48.9 Å². The van der Waals surface area contributed by atoms with Crippen LogP contribution in [0.4, 0.5) is 4.39 Å². The number of carboxylic acid groups (broad SMARTS) is 1. The molecule has 0 saturated heterocycles. The van der Waals surface area contributed by atoms with E-state index in [1.54, 1.807) is 38.3 Å². The van der Waals surface area contributed by atoms with E-state index in [0.717, 1.165) is 5.56 Å². The average molecular weight is 340 g/mol. The van der Waals surface area contributed by atoms with Crippen molar-refractivity contribution in [3.8, 4) is 5.75 Å². The summed E-state index contributed by atoms with van der Waals surface area (Å²) in [6.07, 6.45) is 0. The second kappa shape index (κ2) is 6.76. The number of nitrogens with one attached hydrogen (secondary N) is 1. The third kappa shape index (κ3) is 3.38. The van der Waals surface area contributed by atoms with Crippen LogP contribution in [0.3, 0.4) is 0 Å². The lowest BCUT2D eigenvalue weighted by Crippen LogP contribution is -2.32. The molecule has 25 heavy (non-hydrogen) atoms. The molecule has 2 N–H and O–H groups in total. The molecule has 5 nitrogen and oxygen atoms in total. The Labute approximate surface area is 144 Å². The number of aliphatic imine (C=N–C) groups is 1. The Morgan fingerprint density at radius 1 is 1.16 bits per heavy atom. The summed E-state index contributed by atoms with van der Waals surface area (Å²) in [5.74, 6) is -0.167. The van der Waals surface area contributed by atoms with Gasteiger partial charge in [0.1, 0.15) is 23.4 Å².